The number of nitrogens with two attached hydrogens (primary N) is 1. The number of primary amides is 1. The standard InChI is InChI=1S/C26H32FN5O4.C2H5NO2/c1-26(2,3)36-20-15-17(27)14-19-24(20)30-21(28-19)16-32-13-9-10-18(25(32)35)29-22(33)11-7-6-8-12-23(34)31(4)5;1-5-2(3)4/h8-10,12-15H,6-7,11,16H2,1-5H3,(H,28,30)(H,29,33);1H3,(H2,3,4)/b12-8+;. The number of allylic oxidation sites excluding steroid dienone is 1. The van der Waals surface area contributed by atoms with Crippen LogP contribution in [0.4, 0.5) is 14.9 Å². The fourth-order valence-electron chi connectivity index (χ4n) is 3.43. The van der Waals surface area contributed by atoms with E-state index < -0.39 is 17.5 Å². The van der Waals surface area contributed by atoms with Crippen molar-refractivity contribution in [2.45, 2.75) is 52.2 Å². The van der Waals surface area contributed by atoms with Crippen molar-refractivity contribution in [3.8, 4) is 5.75 Å². The molecule has 4 N–H and O–H groups in total. The Hall–Kier alpha value is -4.68. The number of carbonyl (C=O) groups is 3. The molecule has 0 unspecified atom stereocenters. The SMILES string of the molecule is CN(C)C(=O)/C=C/CCCC(=O)Nc1cccn(Cc2nc3c(OC(C)(C)C)cc(F)cc3[nH]2)c1=O.COC(N)=O. The van der Waals surface area contributed by atoms with Gasteiger partial charge in [-0.3, -0.25) is 14.4 Å². The first-order chi connectivity index (χ1) is 19.2. The number of rotatable bonds is 9. The Kier molecular flexibility index (Phi) is 11.6. The molecule has 0 spiro atoms. The monoisotopic (exact) mass is 572 g/mol. The molecule has 2 aromatic heterocycles. The number of pyridine rings is 1. The molecule has 2 heterocycles. The molecule has 0 saturated heterocycles. The third-order valence-electron chi connectivity index (χ3n) is 5.27. The van der Waals surface area contributed by atoms with Crippen LogP contribution in [0.5, 0.6) is 5.75 Å². The van der Waals surface area contributed by atoms with E-state index in [2.05, 4.69) is 25.8 Å². The molecule has 3 aromatic rings. The number of hydrogen-bond acceptors (Lipinski definition) is 7. The Morgan fingerprint density at radius 1 is 1.24 bits per heavy atom. The molecule has 0 fully saturated rings. The van der Waals surface area contributed by atoms with Crippen LogP contribution in [0.3, 0.4) is 0 Å². The fourth-order valence-corrected chi connectivity index (χ4v) is 3.43. The molecule has 3 rings (SSSR count). The van der Waals surface area contributed by atoms with Gasteiger partial charge in [-0.2, -0.15) is 0 Å². The molecule has 222 valence electrons. The summed E-state index contributed by atoms with van der Waals surface area (Å²) >= 11 is 0. The number of unbranched alkanes of at least 4 members (excludes halogenated alkanes) is 1. The maximum atomic E-state index is 14.1. The predicted molar refractivity (Wildman–Crippen MR) is 153 cm³/mol. The number of benzene rings is 1. The van der Waals surface area contributed by atoms with Gasteiger partial charge in [0.2, 0.25) is 11.8 Å². The zero-order chi connectivity index (χ0) is 30.7. The lowest BCUT2D eigenvalue weighted by molar-refractivity contribution is -0.123. The molecule has 0 atom stereocenters. The van der Waals surface area contributed by atoms with Gasteiger partial charge < -0.3 is 35.0 Å². The second-order valence-electron chi connectivity index (χ2n) is 10.2. The van der Waals surface area contributed by atoms with E-state index in [0.29, 0.717) is 35.4 Å². The van der Waals surface area contributed by atoms with Gasteiger partial charge in [0.15, 0.2) is 5.75 Å². The van der Waals surface area contributed by atoms with Gasteiger partial charge >= 0.3 is 6.09 Å². The van der Waals surface area contributed by atoms with Crippen molar-refractivity contribution in [2.24, 2.45) is 5.73 Å². The molecular formula is C28H37FN6O6. The minimum Gasteiger partial charge on any atom is -0.486 e. The minimum atomic E-state index is -0.745. The summed E-state index contributed by atoms with van der Waals surface area (Å²) in [6.07, 6.45) is 5.36. The van der Waals surface area contributed by atoms with Crippen LogP contribution >= 0.6 is 0 Å². The van der Waals surface area contributed by atoms with Crippen molar-refractivity contribution in [1.29, 1.82) is 0 Å². The molecule has 41 heavy (non-hydrogen) atoms. The van der Waals surface area contributed by atoms with E-state index in [0.717, 1.165) is 0 Å². The third-order valence-corrected chi connectivity index (χ3v) is 5.27. The van der Waals surface area contributed by atoms with Gasteiger partial charge in [-0.15, -0.1) is 0 Å². The molecule has 13 heteroatoms. The van der Waals surface area contributed by atoms with Crippen molar-refractivity contribution < 1.29 is 28.2 Å². The van der Waals surface area contributed by atoms with Crippen LogP contribution in [0.15, 0.2) is 47.4 Å². The average Bonchev–Trinajstić information content (AvgIpc) is 3.28. The number of anilines is 1. The Bertz CT molecular complexity index is 1450. The van der Waals surface area contributed by atoms with Crippen molar-refractivity contribution >= 4 is 34.6 Å². The van der Waals surface area contributed by atoms with E-state index >= 15 is 0 Å². The Morgan fingerprint density at radius 3 is 2.54 bits per heavy atom. The highest BCUT2D eigenvalue weighted by Gasteiger charge is 2.18. The van der Waals surface area contributed by atoms with Crippen LogP contribution in [0.2, 0.25) is 0 Å². The first kappa shape index (κ1) is 32.5. The molecule has 0 aliphatic heterocycles. The number of aromatic amines is 1. The van der Waals surface area contributed by atoms with Crippen LogP contribution in [-0.2, 0) is 20.9 Å². The number of nitrogens with one attached hydrogen (secondary N) is 2. The zero-order valence-electron chi connectivity index (χ0n) is 24.1. The lowest BCUT2D eigenvalue weighted by Gasteiger charge is -2.21. The number of carbonyl (C=O) groups excluding carboxylic acids is 3. The average molecular weight is 573 g/mol. The molecule has 0 aliphatic carbocycles. The molecule has 3 amide bonds. The Morgan fingerprint density at radius 2 is 1.93 bits per heavy atom. The third kappa shape index (κ3) is 10.8. The van der Waals surface area contributed by atoms with E-state index in [1.165, 1.54) is 40.9 Å². The predicted octanol–water partition coefficient (Wildman–Crippen LogP) is 3.55. The van der Waals surface area contributed by atoms with Gasteiger partial charge in [0.05, 0.1) is 19.2 Å². The lowest BCUT2D eigenvalue weighted by atomic mass is 10.2. The van der Waals surface area contributed by atoms with E-state index in [-0.39, 0.29) is 36.0 Å². The number of nitrogens with zero attached hydrogens (tertiary/aromatic N) is 3. The summed E-state index contributed by atoms with van der Waals surface area (Å²) in [6.45, 7) is 5.68. The summed E-state index contributed by atoms with van der Waals surface area (Å²) in [6, 6.07) is 5.81. The Balaban J connectivity index is 0.00000108. The molecule has 0 aliphatic rings. The zero-order valence-corrected chi connectivity index (χ0v) is 24.1. The van der Waals surface area contributed by atoms with E-state index in [1.54, 1.807) is 32.4 Å². The normalized spacial score (nSPS) is 11.1. The molecule has 0 saturated carbocycles. The van der Waals surface area contributed by atoms with Gasteiger partial charge in [-0.1, -0.05) is 6.08 Å². The number of likely N-dealkylation sites (N-methyl/N-ethyl adjacent to an activating group) is 1. The van der Waals surface area contributed by atoms with Crippen LogP contribution in [-0.4, -0.2) is 64.1 Å². The number of hydrogen-bond donors (Lipinski definition) is 3. The fraction of sp³-hybridized carbons (Fsp3) is 0.393. The summed E-state index contributed by atoms with van der Waals surface area (Å²) in [5.41, 5.74) is 4.59. The van der Waals surface area contributed by atoms with Gasteiger partial charge in [-0.05, 0) is 57.9 Å². The van der Waals surface area contributed by atoms with Crippen LogP contribution in [0.1, 0.15) is 45.9 Å². The molecule has 0 bridgehead atoms. The smallest absolute Gasteiger partial charge is 0.404 e. The highest BCUT2D eigenvalue weighted by atomic mass is 19.1. The van der Waals surface area contributed by atoms with Crippen LogP contribution in [0.25, 0.3) is 11.0 Å². The highest BCUT2D eigenvalue weighted by molar-refractivity contribution is 5.90. The van der Waals surface area contributed by atoms with E-state index in [1.807, 2.05) is 20.8 Å². The number of ether oxygens (including phenoxy) is 2. The minimum absolute atomic E-state index is 0.0957. The van der Waals surface area contributed by atoms with Gasteiger partial charge in [-0.25, -0.2) is 14.2 Å². The largest absolute Gasteiger partial charge is 0.486 e. The summed E-state index contributed by atoms with van der Waals surface area (Å²) in [4.78, 5) is 55.1. The molecular weight excluding hydrogens is 535 g/mol. The molecule has 1 aromatic carbocycles. The quantitative estimate of drug-likeness (QED) is 0.261. The summed E-state index contributed by atoms with van der Waals surface area (Å²) in [5, 5.41) is 2.65. The second kappa shape index (κ2) is 14.6. The van der Waals surface area contributed by atoms with Gasteiger partial charge in [0.25, 0.3) is 5.56 Å². The number of amides is 3. The lowest BCUT2D eigenvalue weighted by Crippen LogP contribution is -2.26. The number of imidazole rings is 1. The number of aromatic nitrogens is 3. The van der Waals surface area contributed by atoms with Crippen molar-refractivity contribution in [3.63, 3.8) is 0 Å². The van der Waals surface area contributed by atoms with Gasteiger partial charge in [0.1, 0.15) is 28.4 Å². The first-order valence-corrected chi connectivity index (χ1v) is 12.8. The summed E-state index contributed by atoms with van der Waals surface area (Å²) < 4.78 is 25.3. The first-order valence-electron chi connectivity index (χ1n) is 12.8. The van der Waals surface area contributed by atoms with Crippen molar-refractivity contribution in [3.05, 3.63) is 64.6 Å². The number of fused-ring (bicyclic) bond motifs is 1. The van der Waals surface area contributed by atoms with E-state index in [4.69, 9.17) is 4.74 Å². The van der Waals surface area contributed by atoms with Gasteiger partial charge in [0, 0.05) is 32.8 Å². The maximum absolute atomic E-state index is 14.1. The Labute approximate surface area is 237 Å². The topological polar surface area (TPSA) is 162 Å². The van der Waals surface area contributed by atoms with Crippen molar-refractivity contribution in [2.75, 3.05) is 26.5 Å². The van der Waals surface area contributed by atoms with E-state index in [9.17, 15) is 23.6 Å². The molecule has 0 radical (unpaired) electrons. The maximum Gasteiger partial charge on any atom is 0.404 e. The number of halogens is 1. The second-order valence-corrected chi connectivity index (χ2v) is 10.2. The summed E-state index contributed by atoms with van der Waals surface area (Å²) in [7, 11) is 4.56. The number of H-pyrrole nitrogens is 1. The number of methoxy groups -OCH3 is 1. The highest BCUT2D eigenvalue weighted by Crippen LogP contribution is 2.28. The molecule has 12 nitrogen and oxygen atoms in total. The summed E-state index contributed by atoms with van der Waals surface area (Å²) in [5.74, 6) is -0.107. The van der Waals surface area contributed by atoms with Crippen LogP contribution in [0, 0.1) is 5.82 Å². The van der Waals surface area contributed by atoms with Crippen molar-refractivity contribution in [1.82, 2.24) is 19.4 Å². The van der Waals surface area contributed by atoms with Crippen LogP contribution < -0.4 is 21.3 Å².